The maximum Gasteiger partial charge on any atom is 0.312 e. The van der Waals surface area contributed by atoms with Crippen LogP contribution in [0.25, 0.3) is 0 Å². The minimum absolute atomic E-state index is 0.0856. The molecule has 0 unspecified atom stereocenters. The summed E-state index contributed by atoms with van der Waals surface area (Å²) in [4.78, 5) is 13.6. The van der Waals surface area contributed by atoms with Crippen molar-refractivity contribution in [3.8, 4) is 0 Å². The van der Waals surface area contributed by atoms with Crippen molar-refractivity contribution in [1.82, 2.24) is 4.31 Å². The van der Waals surface area contributed by atoms with Gasteiger partial charge in [0.1, 0.15) is 6.10 Å². The van der Waals surface area contributed by atoms with Crippen LogP contribution in [0.4, 0.5) is 0 Å². The Balaban J connectivity index is 2.09. The Morgan fingerprint density at radius 1 is 0.927 bits per heavy atom. The second-order valence-corrected chi connectivity index (χ2v) is 12.3. The molecule has 6 nitrogen and oxygen atoms in total. The van der Waals surface area contributed by atoms with E-state index in [0.29, 0.717) is 16.7 Å². The molecule has 0 spiro atoms. The molecular formula is C34H41NO5S. The summed E-state index contributed by atoms with van der Waals surface area (Å²) in [5.41, 5.74) is 3.76. The first-order valence-corrected chi connectivity index (χ1v) is 15.3. The van der Waals surface area contributed by atoms with E-state index in [1.54, 1.807) is 39.8 Å². The summed E-state index contributed by atoms with van der Waals surface area (Å²) in [7, 11) is -4.04. The van der Waals surface area contributed by atoms with Crippen LogP contribution in [0.15, 0.2) is 102 Å². The van der Waals surface area contributed by atoms with Gasteiger partial charge in [-0.3, -0.25) is 4.79 Å². The number of allylic oxidation sites excluding steroid dienone is 3. The number of aryl methyl sites for hydroxylation is 3. The van der Waals surface area contributed by atoms with Crippen LogP contribution < -0.4 is 0 Å². The van der Waals surface area contributed by atoms with E-state index >= 15 is 0 Å². The van der Waals surface area contributed by atoms with Gasteiger partial charge in [-0.15, -0.1) is 0 Å². The van der Waals surface area contributed by atoms with E-state index in [4.69, 9.17) is 4.74 Å². The third-order valence-corrected chi connectivity index (χ3v) is 9.35. The number of aliphatic hydroxyl groups excluding tert-OH is 1. The Morgan fingerprint density at radius 2 is 1.49 bits per heavy atom. The highest BCUT2D eigenvalue weighted by atomic mass is 32.2. The van der Waals surface area contributed by atoms with Crippen molar-refractivity contribution in [3.05, 3.63) is 125 Å². The van der Waals surface area contributed by atoms with E-state index in [-0.39, 0.29) is 11.4 Å². The van der Waals surface area contributed by atoms with Gasteiger partial charge in [-0.2, -0.15) is 4.31 Å². The van der Waals surface area contributed by atoms with Crippen molar-refractivity contribution in [2.75, 3.05) is 0 Å². The molecular weight excluding hydrogens is 534 g/mol. The normalized spacial score (nSPS) is 15.2. The van der Waals surface area contributed by atoms with Gasteiger partial charge in [-0.1, -0.05) is 103 Å². The maximum atomic E-state index is 14.5. The van der Waals surface area contributed by atoms with Crippen LogP contribution in [-0.4, -0.2) is 35.9 Å². The molecule has 0 aliphatic rings. The van der Waals surface area contributed by atoms with Crippen LogP contribution >= 0.6 is 0 Å². The quantitative estimate of drug-likeness (QED) is 0.194. The third-order valence-electron chi connectivity index (χ3n) is 7.11. The Bertz CT molecular complexity index is 1440. The molecule has 1 N–H and O–H groups in total. The fourth-order valence-electron chi connectivity index (χ4n) is 4.97. The van der Waals surface area contributed by atoms with Crippen LogP contribution in [0.2, 0.25) is 0 Å². The van der Waals surface area contributed by atoms with Crippen molar-refractivity contribution in [1.29, 1.82) is 0 Å². The van der Waals surface area contributed by atoms with E-state index < -0.39 is 40.2 Å². The third kappa shape index (κ3) is 8.03. The van der Waals surface area contributed by atoms with E-state index in [1.165, 1.54) is 10.4 Å². The number of aliphatic hydroxyl groups is 1. The molecule has 0 saturated carbocycles. The average molecular weight is 576 g/mol. The van der Waals surface area contributed by atoms with Crippen molar-refractivity contribution in [2.45, 2.75) is 71.2 Å². The lowest BCUT2D eigenvalue weighted by Gasteiger charge is -2.35. The van der Waals surface area contributed by atoms with Gasteiger partial charge in [-0.05, 0) is 63.8 Å². The lowest BCUT2D eigenvalue weighted by atomic mass is 10.0. The van der Waals surface area contributed by atoms with Crippen molar-refractivity contribution in [2.24, 2.45) is 5.92 Å². The highest BCUT2D eigenvalue weighted by Gasteiger charge is 2.38. The molecule has 3 rings (SSSR count). The number of hydrogen-bond acceptors (Lipinski definition) is 5. The van der Waals surface area contributed by atoms with Gasteiger partial charge in [0.25, 0.3) is 0 Å². The van der Waals surface area contributed by atoms with Crippen LogP contribution in [0.3, 0.4) is 0 Å². The predicted octanol–water partition coefficient (Wildman–Crippen LogP) is 6.61. The van der Waals surface area contributed by atoms with Gasteiger partial charge in [0, 0.05) is 6.54 Å². The fraction of sp³-hybridized carbons (Fsp3) is 0.324. The van der Waals surface area contributed by atoms with E-state index in [1.807, 2.05) is 92.7 Å². The number of esters is 1. The van der Waals surface area contributed by atoms with E-state index in [2.05, 4.69) is 0 Å². The first-order valence-electron chi connectivity index (χ1n) is 13.8. The summed E-state index contributed by atoms with van der Waals surface area (Å²) in [6.45, 7) is 10.8. The second kappa shape index (κ2) is 14.4. The smallest absolute Gasteiger partial charge is 0.312 e. The van der Waals surface area contributed by atoms with Gasteiger partial charge in [0.15, 0.2) is 0 Å². The number of benzene rings is 3. The predicted molar refractivity (Wildman–Crippen MR) is 164 cm³/mol. The van der Waals surface area contributed by atoms with E-state index in [9.17, 15) is 18.3 Å². The molecule has 0 heterocycles. The number of rotatable bonds is 12. The van der Waals surface area contributed by atoms with Gasteiger partial charge in [0.2, 0.25) is 10.0 Å². The molecule has 4 atom stereocenters. The Labute approximate surface area is 245 Å². The van der Waals surface area contributed by atoms with Gasteiger partial charge in [0.05, 0.1) is 23.0 Å². The van der Waals surface area contributed by atoms with Crippen LogP contribution in [0.5, 0.6) is 0 Å². The molecule has 0 bridgehead atoms. The largest absolute Gasteiger partial charge is 0.455 e. The summed E-state index contributed by atoms with van der Waals surface area (Å²) in [5, 5.41) is 10.6. The zero-order chi connectivity index (χ0) is 30.2. The Morgan fingerprint density at radius 3 is 2.05 bits per heavy atom. The summed E-state index contributed by atoms with van der Waals surface area (Å²) < 4.78 is 36.4. The van der Waals surface area contributed by atoms with Gasteiger partial charge >= 0.3 is 5.97 Å². The highest BCUT2D eigenvalue weighted by Crippen LogP contribution is 2.34. The SMILES string of the molecule is C/C=C/C=C/[C@@H](O)[C@@H](C)C(=O)O[C@H](c1ccccc1)[C@H](C)N(Cc1ccccc1)S(=O)(=O)c1c(C)cc(C)cc1C. The minimum Gasteiger partial charge on any atom is -0.455 e. The number of ether oxygens (including phenoxy) is 1. The van der Waals surface area contributed by atoms with Gasteiger partial charge < -0.3 is 9.84 Å². The molecule has 0 fully saturated rings. The number of carbonyl (C=O) groups is 1. The molecule has 3 aromatic rings. The number of sulfonamides is 1. The van der Waals surface area contributed by atoms with Crippen LogP contribution in [0, 0.1) is 26.7 Å². The zero-order valence-corrected chi connectivity index (χ0v) is 25.5. The second-order valence-electron chi connectivity index (χ2n) is 10.5. The first kappa shape index (κ1) is 32.0. The minimum atomic E-state index is -4.04. The maximum absolute atomic E-state index is 14.5. The molecule has 0 aliphatic carbocycles. The first-order chi connectivity index (χ1) is 19.5. The highest BCUT2D eigenvalue weighted by molar-refractivity contribution is 7.89. The molecule has 0 amide bonds. The number of nitrogens with zero attached hydrogens (tertiary/aromatic N) is 1. The summed E-state index contributed by atoms with van der Waals surface area (Å²) in [6.07, 6.45) is 4.79. The molecule has 218 valence electrons. The number of hydrogen-bond donors (Lipinski definition) is 1. The topological polar surface area (TPSA) is 83.9 Å². The summed E-state index contributed by atoms with van der Waals surface area (Å²) in [5.74, 6) is -1.49. The Kier molecular flexibility index (Phi) is 11.2. The van der Waals surface area contributed by atoms with Crippen LogP contribution in [-0.2, 0) is 26.1 Å². The average Bonchev–Trinajstić information content (AvgIpc) is 2.94. The molecule has 7 heteroatoms. The lowest BCUT2D eigenvalue weighted by molar-refractivity contribution is -0.159. The van der Waals surface area contributed by atoms with Gasteiger partial charge in [-0.25, -0.2) is 8.42 Å². The molecule has 0 radical (unpaired) electrons. The molecule has 0 saturated heterocycles. The molecule has 41 heavy (non-hydrogen) atoms. The van der Waals surface area contributed by atoms with E-state index in [0.717, 1.165) is 11.1 Å². The Hall–Kier alpha value is -3.52. The monoisotopic (exact) mass is 575 g/mol. The molecule has 3 aromatic carbocycles. The summed E-state index contributed by atoms with van der Waals surface area (Å²) in [6, 6.07) is 21.5. The van der Waals surface area contributed by atoms with Crippen LogP contribution in [0.1, 0.15) is 54.7 Å². The standard InChI is InChI=1S/C34H41NO5S/c1-7-8-11-20-31(36)27(5)34(37)40-32(30-18-14-10-15-19-30)28(6)35(23-29-16-12-9-13-17-29)41(38,39)33-25(3)21-24(2)22-26(33)4/h7-22,27-28,31-32,36H,23H2,1-6H3/b8-7+,20-11+/t27-,28+,31-,32+/m1/s1. The summed E-state index contributed by atoms with van der Waals surface area (Å²) >= 11 is 0. The number of carbonyl (C=O) groups excluding carboxylic acids is 1. The molecule has 0 aliphatic heterocycles. The van der Waals surface area contributed by atoms with Crippen molar-refractivity contribution >= 4 is 16.0 Å². The van der Waals surface area contributed by atoms with Crippen molar-refractivity contribution in [3.63, 3.8) is 0 Å². The fourth-order valence-corrected chi connectivity index (χ4v) is 7.00. The zero-order valence-electron chi connectivity index (χ0n) is 24.7. The molecule has 0 aromatic heterocycles. The van der Waals surface area contributed by atoms with Crippen molar-refractivity contribution < 1.29 is 23.1 Å². The lowest BCUT2D eigenvalue weighted by Crippen LogP contribution is -2.44.